The first-order valence-electron chi connectivity index (χ1n) is 7.45. The number of hydrogen-bond acceptors (Lipinski definition) is 2. The van der Waals surface area contributed by atoms with Gasteiger partial charge in [-0.2, -0.15) is 0 Å². The van der Waals surface area contributed by atoms with Gasteiger partial charge in [0.2, 0.25) is 0 Å². The van der Waals surface area contributed by atoms with Crippen LogP contribution in [0.5, 0.6) is 0 Å². The highest BCUT2D eigenvalue weighted by atomic mass is 16.5. The molecule has 2 nitrogen and oxygen atoms in total. The van der Waals surface area contributed by atoms with Crippen LogP contribution < -0.4 is 0 Å². The van der Waals surface area contributed by atoms with Gasteiger partial charge in [0.25, 0.3) is 0 Å². The number of carbonyl (C=O) groups is 1. The minimum atomic E-state index is -0.328. The van der Waals surface area contributed by atoms with Crippen LogP contribution in [0, 0.1) is 13.8 Å². The average molecular weight is 288 g/mol. The minimum Gasteiger partial charge on any atom is -0.449 e. The Morgan fingerprint density at radius 3 is 2.50 bits per heavy atom. The minimum absolute atomic E-state index is 0.241. The fourth-order valence-corrected chi connectivity index (χ4v) is 3.27. The molecule has 0 saturated carbocycles. The van der Waals surface area contributed by atoms with Crippen LogP contribution in [-0.4, -0.2) is 5.97 Å². The smallest absolute Gasteiger partial charge is 0.339 e. The summed E-state index contributed by atoms with van der Waals surface area (Å²) >= 11 is 0. The van der Waals surface area contributed by atoms with Crippen LogP contribution >= 0.6 is 0 Å². The molecule has 3 aromatic carbocycles. The van der Waals surface area contributed by atoms with Gasteiger partial charge in [-0.25, -0.2) is 4.79 Å². The van der Waals surface area contributed by atoms with Crippen molar-refractivity contribution < 1.29 is 9.53 Å². The summed E-state index contributed by atoms with van der Waals surface area (Å²) in [5.41, 5.74) is 5.11. The molecule has 1 unspecified atom stereocenters. The van der Waals surface area contributed by atoms with Crippen LogP contribution in [0.1, 0.15) is 38.7 Å². The molecule has 0 amide bonds. The molecule has 0 aromatic heterocycles. The molecule has 0 aliphatic carbocycles. The van der Waals surface area contributed by atoms with E-state index in [1.165, 1.54) is 5.56 Å². The zero-order chi connectivity index (χ0) is 15.3. The topological polar surface area (TPSA) is 26.3 Å². The summed E-state index contributed by atoms with van der Waals surface area (Å²) in [6.45, 7) is 4.12. The maximum atomic E-state index is 12.4. The second-order valence-electron chi connectivity index (χ2n) is 5.90. The van der Waals surface area contributed by atoms with Crippen molar-refractivity contribution in [3.05, 3.63) is 82.4 Å². The van der Waals surface area contributed by atoms with Crippen molar-refractivity contribution in [2.24, 2.45) is 0 Å². The monoisotopic (exact) mass is 288 g/mol. The van der Waals surface area contributed by atoms with Crippen LogP contribution in [0.15, 0.2) is 54.6 Å². The molecular weight excluding hydrogens is 272 g/mol. The Labute approximate surface area is 129 Å². The lowest BCUT2D eigenvalue weighted by molar-refractivity contribution is 0.0365. The van der Waals surface area contributed by atoms with Crippen LogP contribution in [0.25, 0.3) is 10.8 Å². The molecule has 0 saturated heterocycles. The fraction of sp³-hybridized carbons (Fsp3) is 0.150. The Morgan fingerprint density at radius 2 is 1.68 bits per heavy atom. The summed E-state index contributed by atoms with van der Waals surface area (Å²) in [4.78, 5) is 12.4. The van der Waals surface area contributed by atoms with Crippen molar-refractivity contribution in [3.8, 4) is 0 Å². The predicted octanol–water partition coefficient (Wildman–Crippen LogP) is 4.72. The van der Waals surface area contributed by atoms with E-state index < -0.39 is 0 Å². The van der Waals surface area contributed by atoms with E-state index in [1.54, 1.807) is 0 Å². The van der Waals surface area contributed by atoms with Gasteiger partial charge >= 0.3 is 5.97 Å². The molecule has 1 heterocycles. The van der Waals surface area contributed by atoms with E-state index >= 15 is 0 Å². The summed E-state index contributed by atoms with van der Waals surface area (Å²) < 4.78 is 5.79. The third kappa shape index (κ3) is 1.84. The molecule has 0 radical (unpaired) electrons. The molecule has 108 valence electrons. The summed E-state index contributed by atoms with van der Waals surface area (Å²) in [6, 6.07) is 18.2. The number of esters is 1. The molecule has 3 aromatic rings. The maximum Gasteiger partial charge on any atom is 0.339 e. The fourth-order valence-electron chi connectivity index (χ4n) is 3.27. The molecular formula is C20H16O2. The van der Waals surface area contributed by atoms with Gasteiger partial charge in [-0.3, -0.25) is 0 Å². The zero-order valence-corrected chi connectivity index (χ0v) is 12.6. The lowest BCUT2D eigenvalue weighted by Crippen LogP contribution is -2.20. The number of benzene rings is 3. The Kier molecular flexibility index (Phi) is 2.80. The molecule has 0 N–H and O–H groups in total. The number of cyclic esters (lactones) is 1. The van der Waals surface area contributed by atoms with Crippen LogP contribution in [0.4, 0.5) is 0 Å². The first-order valence-corrected chi connectivity index (χ1v) is 7.45. The van der Waals surface area contributed by atoms with Crippen LogP contribution in [0.3, 0.4) is 0 Å². The number of carbonyl (C=O) groups excluding carboxylic acids is 1. The Balaban J connectivity index is 2.03. The number of ether oxygens (including phenoxy) is 1. The van der Waals surface area contributed by atoms with Gasteiger partial charge in [0.05, 0.1) is 5.56 Å². The molecule has 22 heavy (non-hydrogen) atoms. The third-order valence-corrected chi connectivity index (χ3v) is 4.38. The molecule has 4 rings (SSSR count). The Hall–Kier alpha value is -2.61. The van der Waals surface area contributed by atoms with Gasteiger partial charge in [0.15, 0.2) is 6.10 Å². The molecule has 1 aliphatic heterocycles. The van der Waals surface area contributed by atoms with E-state index in [0.717, 1.165) is 27.5 Å². The number of hydrogen-bond donors (Lipinski definition) is 0. The first-order chi connectivity index (χ1) is 10.6. The number of aryl methyl sites for hydroxylation is 2. The lowest BCUT2D eigenvalue weighted by Gasteiger charge is -2.27. The molecule has 1 aliphatic rings. The SMILES string of the molecule is Cc1ccc(C)c(C2OC(=O)c3cccc4cccc2c34)c1. The van der Waals surface area contributed by atoms with E-state index in [-0.39, 0.29) is 12.1 Å². The van der Waals surface area contributed by atoms with Crippen molar-refractivity contribution in [3.63, 3.8) is 0 Å². The van der Waals surface area contributed by atoms with Crippen molar-refractivity contribution >= 4 is 16.7 Å². The summed E-state index contributed by atoms with van der Waals surface area (Å²) in [5, 5.41) is 2.11. The van der Waals surface area contributed by atoms with Crippen molar-refractivity contribution in [1.82, 2.24) is 0 Å². The van der Waals surface area contributed by atoms with Gasteiger partial charge in [0, 0.05) is 16.5 Å². The largest absolute Gasteiger partial charge is 0.449 e. The highest BCUT2D eigenvalue weighted by Crippen LogP contribution is 2.39. The molecule has 1 atom stereocenters. The lowest BCUT2D eigenvalue weighted by atomic mass is 9.88. The van der Waals surface area contributed by atoms with Gasteiger partial charge in [-0.05, 0) is 30.9 Å². The standard InChI is InChI=1S/C20H16O2/c1-12-9-10-13(2)17(11-12)19-15-7-3-5-14-6-4-8-16(18(14)15)20(21)22-19/h3-11,19H,1-2H3. The second-order valence-corrected chi connectivity index (χ2v) is 5.90. The maximum absolute atomic E-state index is 12.4. The van der Waals surface area contributed by atoms with E-state index in [0.29, 0.717) is 5.56 Å². The highest BCUT2D eigenvalue weighted by Gasteiger charge is 2.30. The Morgan fingerprint density at radius 1 is 0.909 bits per heavy atom. The van der Waals surface area contributed by atoms with Crippen LogP contribution in [0.2, 0.25) is 0 Å². The molecule has 0 bridgehead atoms. The summed E-state index contributed by atoms with van der Waals surface area (Å²) in [5.74, 6) is -0.241. The van der Waals surface area contributed by atoms with Gasteiger partial charge in [-0.15, -0.1) is 0 Å². The van der Waals surface area contributed by atoms with E-state index in [1.807, 2.05) is 30.3 Å². The average Bonchev–Trinajstić information content (AvgIpc) is 2.53. The second kappa shape index (κ2) is 4.70. The predicted molar refractivity (Wildman–Crippen MR) is 87.1 cm³/mol. The van der Waals surface area contributed by atoms with Crippen molar-refractivity contribution in [2.75, 3.05) is 0 Å². The highest BCUT2D eigenvalue weighted by molar-refractivity contribution is 6.08. The van der Waals surface area contributed by atoms with Gasteiger partial charge < -0.3 is 4.74 Å². The van der Waals surface area contributed by atoms with Crippen molar-refractivity contribution in [2.45, 2.75) is 20.0 Å². The summed E-state index contributed by atoms with van der Waals surface area (Å²) in [6.07, 6.45) is -0.328. The number of rotatable bonds is 1. The van der Waals surface area contributed by atoms with Crippen molar-refractivity contribution in [1.29, 1.82) is 0 Å². The first kappa shape index (κ1) is 13.1. The normalized spacial score (nSPS) is 16.6. The van der Waals surface area contributed by atoms with Gasteiger partial charge in [-0.1, -0.05) is 54.1 Å². The van der Waals surface area contributed by atoms with E-state index in [9.17, 15) is 4.79 Å². The molecule has 2 heteroatoms. The Bertz CT molecular complexity index is 903. The van der Waals surface area contributed by atoms with E-state index in [4.69, 9.17) is 4.74 Å². The molecule has 0 spiro atoms. The van der Waals surface area contributed by atoms with Gasteiger partial charge in [0.1, 0.15) is 0 Å². The quantitative estimate of drug-likeness (QED) is 0.606. The summed E-state index contributed by atoms with van der Waals surface area (Å²) in [7, 11) is 0. The third-order valence-electron chi connectivity index (χ3n) is 4.38. The van der Waals surface area contributed by atoms with Crippen LogP contribution in [-0.2, 0) is 4.74 Å². The van der Waals surface area contributed by atoms with E-state index in [2.05, 4.69) is 38.1 Å². The zero-order valence-electron chi connectivity index (χ0n) is 12.6. The molecule has 0 fully saturated rings.